The number of aliphatic carboxylic acids is 1. The molecule has 5 nitrogen and oxygen atoms in total. The molecule has 2 heterocycles. The van der Waals surface area contributed by atoms with Crippen molar-refractivity contribution in [3.05, 3.63) is 58.2 Å². The van der Waals surface area contributed by atoms with E-state index in [0.29, 0.717) is 23.7 Å². The van der Waals surface area contributed by atoms with E-state index in [-0.39, 0.29) is 18.0 Å². The fourth-order valence-corrected chi connectivity index (χ4v) is 4.47. The van der Waals surface area contributed by atoms with Gasteiger partial charge in [-0.05, 0) is 38.2 Å². The highest BCUT2D eigenvalue weighted by Gasteiger charge is 2.43. The SMILES string of the molecule is C[C@@]1(C(=O)O)CCCC[C@H]1Cc1nc(C2=CCc3ncc(Cl)cc32)ncc1F. The average Bonchev–Trinajstić information content (AvgIpc) is 3.08. The van der Waals surface area contributed by atoms with E-state index in [1.807, 2.05) is 12.1 Å². The molecule has 0 amide bonds. The second-order valence-electron chi connectivity index (χ2n) is 7.83. The molecule has 28 heavy (non-hydrogen) atoms. The molecule has 1 fully saturated rings. The van der Waals surface area contributed by atoms with E-state index in [9.17, 15) is 14.3 Å². The Kier molecular flexibility index (Phi) is 4.91. The number of carbonyl (C=O) groups is 1. The van der Waals surface area contributed by atoms with Gasteiger partial charge in [-0.15, -0.1) is 0 Å². The van der Waals surface area contributed by atoms with Gasteiger partial charge in [0.05, 0.1) is 28.0 Å². The molecule has 2 aromatic heterocycles. The Morgan fingerprint density at radius 1 is 1.36 bits per heavy atom. The van der Waals surface area contributed by atoms with Crippen LogP contribution in [0.3, 0.4) is 0 Å². The number of halogens is 2. The summed E-state index contributed by atoms with van der Waals surface area (Å²) in [6.45, 7) is 1.77. The van der Waals surface area contributed by atoms with Crippen LogP contribution in [0.1, 0.15) is 55.4 Å². The average molecular weight is 402 g/mol. The summed E-state index contributed by atoms with van der Waals surface area (Å²) in [4.78, 5) is 24.8. The van der Waals surface area contributed by atoms with Crippen molar-refractivity contribution in [2.75, 3.05) is 0 Å². The lowest BCUT2D eigenvalue weighted by atomic mass is 9.66. The molecule has 0 aliphatic heterocycles. The van der Waals surface area contributed by atoms with Crippen LogP contribution in [0, 0.1) is 17.2 Å². The first-order valence-electron chi connectivity index (χ1n) is 9.48. The molecule has 0 unspecified atom stereocenters. The number of hydrogen-bond acceptors (Lipinski definition) is 4. The molecule has 4 rings (SSSR count). The molecule has 2 aliphatic rings. The molecule has 1 saturated carbocycles. The zero-order valence-electron chi connectivity index (χ0n) is 15.6. The standard InChI is InChI=1S/C21H21ClFN3O2/c1-21(20(27)28)7-3-2-4-12(21)8-18-16(23)11-25-19(26-18)14-5-6-17-15(14)9-13(22)10-24-17/h5,9-12H,2-4,6-8H2,1H3,(H,27,28)/t12-,21+/m0/s1. The molecule has 0 radical (unpaired) electrons. The van der Waals surface area contributed by atoms with Crippen molar-refractivity contribution in [2.24, 2.45) is 11.3 Å². The van der Waals surface area contributed by atoms with Gasteiger partial charge >= 0.3 is 5.97 Å². The largest absolute Gasteiger partial charge is 0.481 e. The number of allylic oxidation sites excluding steroid dienone is 1. The molecular weight excluding hydrogens is 381 g/mol. The molecule has 0 bridgehead atoms. The highest BCUT2D eigenvalue weighted by atomic mass is 35.5. The Bertz CT molecular complexity index is 978. The Balaban J connectivity index is 1.66. The normalized spacial score (nSPS) is 24.0. The summed E-state index contributed by atoms with van der Waals surface area (Å²) in [5.41, 5.74) is 1.95. The Labute approximate surface area is 167 Å². The second kappa shape index (κ2) is 7.24. The number of fused-ring (bicyclic) bond motifs is 1. The summed E-state index contributed by atoms with van der Waals surface area (Å²) in [6.07, 6.45) is 8.88. The van der Waals surface area contributed by atoms with Crippen molar-refractivity contribution in [3.63, 3.8) is 0 Å². The minimum Gasteiger partial charge on any atom is -0.481 e. The minimum absolute atomic E-state index is 0.156. The van der Waals surface area contributed by atoms with Crippen molar-refractivity contribution in [2.45, 2.75) is 45.4 Å². The molecule has 7 heteroatoms. The topological polar surface area (TPSA) is 76.0 Å². The van der Waals surface area contributed by atoms with E-state index in [1.54, 1.807) is 13.1 Å². The van der Waals surface area contributed by atoms with Crippen LogP contribution in [0.15, 0.2) is 24.5 Å². The van der Waals surface area contributed by atoms with Gasteiger partial charge in [-0.3, -0.25) is 9.78 Å². The smallest absolute Gasteiger partial charge is 0.309 e. The third kappa shape index (κ3) is 3.30. The first-order chi connectivity index (χ1) is 13.4. The van der Waals surface area contributed by atoms with Gasteiger partial charge in [-0.2, -0.15) is 0 Å². The van der Waals surface area contributed by atoms with E-state index in [0.717, 1.165) is 36.1 Å². The van der Waals surface area contributed by atoms with Crippen LogP contribution >= 0.6 is 11.6 Å². The summed E-state index contributed by atoms with van der Waals surface area (Å²) in [5, 5.41) is 10.2. The maximum absolute atomic E-state index is 14.5. The maximum Gasteiger partial charge on any atom is 0.309 e. The van der Waals surface area contributed by atoms with Gasteiger partial charge in [0.25, 0.3) is 0 Å². The predicted octanol–water partition coefficient (Wildman–Crippen LogP) is 4.48. The van der Waals surface area contributed by atoms with Crippen LogP contribution in [0.5, 0.6) is 0 Å². The van der Waals surface area contributed by atoms with Crippen LogP contribution in [0.2, 0.25) is 5.02 Å². The number of rotatable bonds is 4. The van der Waals surface area contributed by atoms with Crippen molar-refractivity contribution < 1.29 is 14.3 Å². The summed E-state index contributed by atoms with van der Waals surface area (Å²) in [6, 6.07) is 1.82. The van der Waals surface area contributed by atoms with E-state index in [4.69, 9.17) is 11.6 Å². The highest BCUT2D eigenvalue weighted by molar-refractivity contribution is 6.30. The lowest BCUT2D eigenvalue weighted by Gasteiger charge is -2.38. The zero-order valence-corrected chi connectivity index (χ0v) is 16.3. The molecule has 1 N–H and O–H groups in total. The Morgan fingerprint density at radius 3 is 2.96 bits per heavy atom. The first kappa shape index (κ1) is 19.0. The monoisotopic (exact) mass is 401 g/mol. The number of hydrogen-bond donors (Lipinski definition) is 1. The summed E-state index contributed by atoms with van der Waals surface area (Å²) in [7, 11) is 0. The van der Waals surface area contributed by atoms with Gasteiger partial charge < -0.3 is 5.11 Å². The van der Waals surface area contributed by atoms with Crippen LogP contribution in [0.25, 0.3) is 5.57 Å². The Morgan fingerprint density at radius 2 is 2.18 bits per heavy atom. The van der Waals surface area contributed by atoms with Crippen molar-refractivity contribution in [1.29, 1.82) is 0 Å². The van der Waals surface area contributed by atoms with Crippen LogP contribution < -0.4 is 0 Å². The molecule has 0 aromatic carbocycles. The van der Waals surface area contributed by atoms with E-state index < -0.39 is 17.2 Å². The predicted molar refractivity (Wildman–Crippen MR) is 103 cm³/mol. The quantitative estimate of drug-likeness (QED) is 0.817. The third-order valence-electron chi connectivity index (χ3n) is 6.11. The van der Waals surface area contributed by atoms with E-state index >= 15 is 0 Å². The van der Waals surface area contributed by atoms with Crippen LogP contribution in [-0.4, -0.2) is 26.0 Å². The second-order valence-corrected chi connectivity index (χ2v) is 8.26. The summed E-state index contributed by atoms with van der Waals surface area (Å²) >= 11 is 6.08. The lowest BCUT2D eigenvalue weighted by molar-refractivity contribution is -0.153. The number of nitrogens with zero attached hydrogens (tertiary/aromatic N) is 3. The highest BCUT2D eigenvalue weighted by Crippen LogP contribution is 2.43. The van der Waals surface area contributed by atoms with Crippen molar-refractivity contribution in [1.82, 2.24) is 15.0 Å². The van der Waals surface area contributed by atoms with Crippen LogP contribution in [0.4, 0.5) is 4.39 Å². The molecule has 2 atom stereocenters. The first-order valence-corrected chi connectivity index (χ1v) is 9.86. The number of carboxylic acid groups (broad SMARTS) is 1. The van der Waals surface area contributed by atoms with Gasteiger partial charge in [0.2, 0.25) is 0 Å². The molecular formula is C21H21ClFN3O2. The van der Waals surface area contributed by atoms with E-state index in [2.05, 4.69) is 15.0 Å². The molecule has 0 spiro atoms. The number of carboxylic acids is 1. The molecule has 0 saturated heterocycles. The minimum atomic E-state index is -0.855. The fraction of sp³-hybridized carbons (Fsp3) is 0.429. The summed E-state index contributed by atoms with van der Waals surface area (Å²) in [5.74, 6) is -1.05. The summed E-state index contributed by atoms with van der Waals surface area (Å²) < 4.78 is 14.5. The fourth-order valence-electron chi connectivity index (χ4n) is 4.31. The zero-order chi connectivity index (χ0) is 19.9. The van der Waals surface area contributed by atoms with Gasteiger partial charge in [0.1, 0.15) is 0 Å². The molecule has 2 aromatic rings. The maximum atomic E-state index is 14.5. The van der Waals surface area contributed by atoms with Crippen molar-refractivity contribution >= 4 is 23.1 Å². The molecule has 146 valence electrons. The lowest BCUT2D eigenvalue weighted by Crippen LogP contribution is -2.39. The van der Waals surface area contributed by atoms with Gasteiger partial charge in [-0.25, -0.2) is 14.4 Å². The number of aromatic nitrogens is 3. The van der Waals surface area contributed by atoms with Gasteiger partial charge in [-0.1, -0.05) is 30.5 Å². The Hall–Kier alpha value is -2.34. The number of pyridine rings is 1. The van der Waals surface area contributed by atoms with Crippen molar-refractivity contribution in [3.8, 4) is 0 Å². The van der Waals surface area contributed by atoms with Crippen LogP contribution in [-0.2, 0) is 17.6 Å². The van der Waals surface area contributed by atoms with E-state index in [1.165, 1.54) is 6.20 Å². The molecule has 2 aliphatic carbocycles. The third-order valence-corrected chi connectivity index (χ3v) is 6.32. The van der Waals surface area contributed by atoms with Gasteiger partial charge in [0.15, 0.2) is 11.6 Å². The van der Waals surface area contributed by atoms with Gasteiger partial charge in [0, 0.05) is 23.8 Å².